The second kappa shape index (κ2) is 17.3. The molecule has 11 nitrogen and oxygen atoms in total. The molecule has 0 amide bonds. The van der Waals surface area contributed by atoms with Gasteiger partial charge in [-0.05, 0) is 71.0 Å². The first kappa shape index (κ1) is 40.4. The average molecular weight is 789 g/mol. The number of benzene rings is 5. The largest absolute Gasteiger partial charge is 0.509 e. The predicted molar refractivity (Wildman–Crippen MR) is 226 cm³/mol. The van der Waals surface area contributed by atoms with E-state index in [1.807, 2.05) is 113 Å². The molecule has 0 saturated carbocycles. The van der Waals surface area contributed by atoms with Crippen molar-refractivity contribution in [1.29, 1.82) is 0 Å². The Hall–Kier alpha value is -6.85. The minimum atomic E-state index is -1.43. The number of rotatable bonds is 15. The molecule has 11 heteroatoms. The molecular weight excluding hydrogens is 741 g/mol. The van der Waals surface area contributed by atoms with E-state index in [0.29, 0.717) is 24.6 Å². The Labute approximate surface area is 344 Å². The van der Waals surface area contributed by atoms with Crippen molar-refractivity contribution in [2.45, 2.75) is 58.2 Å². The molecule has 7 aromatic rings. The van der Waals surface area contributed by atoms with Crippen molar-refractivity contribution in [2.24, 2.45) is 0 Å². The minimum Gasteiger partial charge on any atom is -0.509 e. The van der Waals surface area contributed by atoms with Crippen LogP contribution >= 0.6 is 0 Å². The maximum Gasteiger partial charge on any atom is 0.357 e. The molecule has 5 aromatic carbocycles. The van der Waals surface area contributed by atoms with Crippen molar-refractivity contribution in [3.8, 4) is 22.5 Å². The fraction of sp³-hybridized carbons (Fsp3) is 0.229. The lowest BCUT2D eigenvalue weighted by molar-refractivity contribution is 0.0424. The van der Waals surface area contributed by atoms with Gasteiger partial charge in [0.05, 0.1) is 7.11 Å². The van der Waals surface area contributed by atoms with Crippen molar-refractivity contribution in [3.63, 3.8) is 0 Å². The minimum absolute atomic E-state index is 0.0933. The van der Waals surface area contributed by atoms with Crippen molar-refractivity contribution >= 4 is 5.97 Å². The highest BCUT2D eigenvalue weighted by Crippen LogP contribution is 2.43. The number of hydrogen-bond donors (Lipinski definition) is 2. The van der Waals surface area contributed by atoms with E-state index in [-0.39, 0.29) is 29.5 Å². The SMILES string of the molecule is CCCc1nc(C(C)(C)O)c(C(=O)OC/C(OC)=C(\C)O)n1Cc1ccc(-c2ccccc2-c2nnnn2C(c2ccccc2)(c2ccccc2)c2ccccc2)cc1. The smallest absolute Gasteiger partial charge is 0.357 e. The Morgan fingerprint density at radius 3 is 1.81 bits per heavy atom. The number of aliphatic hydroxyl groups excluding tert-OH is 1. The normalized spacial score (nSPS) is 12.2. The first-order chi connectivity index (χ1) is 28.6. The summed E-state index contributed by atoms with van der Waals surface area (Å²) in [4.78, 5) is 18.5. The summed E-state index contributed by atoms with van der Waals surface area (Å²) < 4.78 is 14.6. The van der Waals surface area contributed by atoms with Gasteiger partial charge in [-0.1, -0.05) is 146 Å². The first-order valence-corrected chi connectivity index (χ1v) is 19.6. The Morgan fingerprint density at radius 2 is 1.31 bits per heavy atom. The molecular formula is C48H48N6O5. The summed E-state index contributed by atoms with van der Waals surface area (Å²) in [6.07, 6.45) is 1.35. The highest BCUT2D eigenvalue weighted by molar-refractivity contribution is 5.89. The Kier molecular flexibility index (Phi) is 11.9. The molecule has 0 atom stereocenters. The number of esters is 1. The number of hydrogen-bond acceptors (Lipinski definition) is 9. The van der Waals surface area contributed by atoms with E-state index >= 15 is 0 Å². The standard InChI is InChI=1S/C48H48N6O5/c1-6-18-42-49-44(47(3,4)57)43(46(56)59-32-41(58-5)33(2)55)53(42)31-34-27-29-35(30-28-34)39-25-16-17-26-40(39)45-50-51-52-54(45)48(36-19-10-7-11-20-36,37-21-12-8-13-22-37)38-23-14-9-15-24-38/h7-17,19-30,55,57H,6,18,31-32H2,1-5H3/b41-33-. The third-order valence-corrected chi connectivity index (χ3v) is 10.4. The molecule has 300 valence electrons. The zero-order valence-corrected chi connectivity index (χ0v) is 33.9. The third kappa shape index (κ3) is 8.02. The first-order valence-electron chi connectivity index (χ1n) is 19.6. The molecule has 0 unspecified atom stereocenters. The number of nitrogens with zero attached hydrogens (tertiary/aromatic N) is 6. The second-order valence-corrected chi connectivity index (χ2v) is 14.9. The van der Waals surface area contributed by atoms with Crippen LogP contribution < -0.4 is 0 Å². The molecule has 7 rings (SSSR count). The number of allylic oxidation sites excluding steroid dienone is 1. The number of aliphatic hydroxyl groups is 2. The number of ether oxygens (including phenoxy) is 2. The van der Waals surface area contributed by atoms with Gasteiger partial charge in [0.2, 0.25) is 0 Å². The summed E-state index contributed by atoms with van der Waals surface area (Å²) in [6, 6.07) is 47.2. The summed E-state index contributed by atoms with van der Waals surface area (Å²) in [6.45, 7) is 6.69. The zero-order chi connectivity index (χ0) is 41.6. The Bertz CT molecular complexity index is 2440. The monoisotopic (exact) mass is 788 g/mol. The second-order valence-electron chi connectivity index (χ2n) is 14.9. The van der Waals surface area contributed by atoms with Gasteiger partial charge in [0, 0.05) is 18.5 Å². The van der Waals surface area contributed by atoms with E-state index in [1.54, 1.807) is 13.8 Å². The van der Waals surface area contributed by atoms with Crippen LogP contribution in [-0.2, 0) is 33.6 Å². The number of carbonyl (C=O) groups excluding carboxylic acids is 1. The number of aromatic nitrogens is 6. The molecule has 0 aliphatic rings. The summed E-state index contributed by atoms with van der Waals surface area (Å²) in [7, 11) is 1.39. The number of aryl methyl sites for hydroxylation is 1. The quantitative estimate of drug-likeness (QED) is 0.0593. The number of methoxy groups -OCH3 is 1. The average Bonchev–Trinajstić information content (AvgIpc) is 3.89. The molecule has 2 N–H and O–H groups in total. The highest BCUT2D eigenvalue weighted by Gasteiger charge is 2.42. The number of carbonyl (C=O) groups is 1. The number of imidazole rings is 1. The van der Waals surface area contributed by atoms with E-state index < -0.39 is 17.1 Å². The molecule has 2 heterocycles. The third-order valence-electron chi connectivity index (χ3n) is 10.4. The molecule has 0 aliphatic carbocycles. The van der Waals surface area contributed by atoms with Gasteiger partial charge in [0.15, 0.2) is 23.9 Å². The Morgan fingerprint density at radius 1 is 0.763 bits per heavy atom. The van der Waals surface area contributed by atoms with Gasteiger partial charge in [-0.15, -0.1) is 5.10 Å². The molecule has 2 aromatic heterocycles. The van der Waals surface area contributed by atoms with Crippen LogP contribution in [0.4, 0.5) is 0 Å². The summed E-state index contributed by atoms with van der Waals surface area (Å²) in [5, 5.41) is 34.9. The van der Waals surface area contributed by atoms with E-state index in [9.17, 15) is 15.0 Å². The van der Waals surface area contributed by atoms with Gasteiger partial charge < -0.3 is 24.3 Å². The maximum atomic E-state index is 13.8. The van der Waals surface area contributed by atoms with Crippen LogP contribution in [0.1, 0.15) is 78.4 Å². The van der Waals surface area contributed by atoms with Gasteiger partial charge in [0.1, 0.15) is 28.4 Å². The summed E-state index contributed by atoms with van der Waals surface area (Å²) in [5.74, 6) is 0.586. The molecule has 0 aliphatic heterocycles. The lowest BCUT2D eigenvalue weighted by atomic mass is 9.77. The summed E-state index contributed by atoms with van der Waals surface area (Å²) >= 11 is 0. The van der Waals surface area contributed by atoms with Crippen LogP contribution in [0.2, 0.25) is 0 Å². The molecule has 0 fully saturated rings. The van der Waals surface area contributed by atoms with Crippen LogP contribution in [0.25, 0.3) is 22.5 Å². The van der Waals surface area contributed by atoms with Gasteiger partial charge >= 0.3 is 5.97 Å². The van der Waals surface area contributed by atoms with Crippen LogP contribution in [0.5, 0.6) is 0 Å². The molecule has 0 spiro atoms. The van der Waals surface area contributed by atoms with E-state index in [2.05, 4.69) is 47.7 Å². The topological polar surface area (TPSA) is 137 Å². The van der Waals surface area contributed by atoms with Crippen molar-refractivity contribution < 1.29 is 24.5 Å². The lowest BCUT2D eigenvalue weighted by Gasteiger charge is -2.36. The summed E-state index contributed by atoms with van der Waals surface area (Å²) in [5.41, 5.74) is 4.65. The van der Waals surface area contributed by atoms with E-state index in [1.165, 1.54) is 14.0 Å². The van der Waals surface area contributed by atoms with Gasteiger partial charge in [-0.3, -0.25) is 0 Å². The van der Waals surface area contributed by atoms with Crippen LogP contribution in [0, 0.1) is 0 Å². The van der Waals surface area contributed by atoms with Crippen molar-refractivity contribution in [1.82, 2.24) is 29.8 Å². The van der Waals surface area contributed by atoms with Gasteiger partial charge in [-0.2, -0.15) is 0 Å². The van der Waals surface area contributed by atoms with Crippen molar-refractivity contribution in [2.75, 3.05) is 13.7 Å². The molecule has 0 saturated heterocycles. The van der Waals surface area contributed by atoms with Crippen LogP contribution in [0.15, 0.2) is 151 Å². The fourth-order valence-corrected chi connectivity index (χ4v) is 7.62. The van der Waals surface area contributed by atoms with Gasteiger partial charge in [-0.25, -0.2) is 14.5 Å². The zero-order valence-electron chi connectivity index (χ0n) is 33.9. The van der Waals surface area contributed by atoms with E-state index in [4.69, 9.17) is 24.8 Å². The van der Waals surface area contributed by atoms with Gasteiger partial charge in [0.25, 0.3) is 0 Å². The molecule has 0 radical (unpaired) electrons. The van der Waals surface area contributed by atoms with Crippen molar-refractivity contribution in [3.05, 3.63) is 191 Å². The number of tetrazole rings is 1. The van der Waals surface area contributed by atoms with Crippen LogP contribution in [-0.4, -0.2) is 59.7 Å². The lowest BCUT2D eigenvalue weighted by Crippen LogP contribution is -2.39. The fourth-order valence-electron chi connectivity index (χ4n) is 7.62. The predicted octanol–water partition coefficient (Wildman–Crippen LogP) is 8.86. The Balaban J connectivity index is 1.30. The molecule has 0 bridgehead atoms. The molecule has 59 heavy (non-hydrogen) atoms. The van der Waals surface area contributed by atoms with Crippen LogP contribution in [0.3, 0.4) is 0 Å². The highest BCUT2D eigenvalue weighted by atomic mass is 16.6. The maximum absolute atomic E-state index is 13.8. The van der Waals surface area contributed by atoms with E-state index in [0.717, 1.165) is 45.4 Å².